The van der Waals surface area contributed by atoms with Gasteiger partial charge in [-0.1, -0.05) is 17.7 Å². The molecule has 1 aromatic heterocycles. The van der Waals surface area contributed by atoms with Crippen molar-refractivity contribution in [3.63, 3.8) is 0 Å². The van der Waals surface area contributed by atoms with E-state index in [-0.39, 0.29) is 0 Å². The number of halogens is 1. The van der Waals surface area contributed by atoms with Gasteiger partial charge in [-0.05, 0) is 55.3 Å². The summed E-state index contributed by atoms with van der Waals surface area (Å²) >= 11 is 6.05. The van der Waals surface area contributed by atoms with Crippen molar-refractivity contribution in [3.8, 4) is 5.75 Å². The zero-order chi connectivity index (χ0) is 17.8. The SMILES string of the molecule is COc1ccc(Cl)cc1Nc1cnnc(Nc2cc(C)cc(C)c2)n1. The van der Waals surface area contributed by atoms with E-state index in [0.717, 1.165) is 16.8 Å². The summed E-state index contributed by atoms with van der Waals surface area (Å²) in [6, 6.07) is 11.5. The van der Waals surface area contributed by atoms with Crippen molar-refractivity contribution in [2.75, 3.05) is 17.7 Å². The van der Waals surface area contributed by atoms with Gasteiger partial charge in [0, 0.05) is 10.7 Å². The number of rotatable bonds is 5. The predicted octanol–water partition coefficient (Wildman–Crippen LogP) is 4.64. The molecule has 0 bridgehead atoms. The molecule has 0 saturated carbocycles. The van der Waals surface area contributed by atoms with Crippen LogP contribution >= 0.6 is 11.6 Å². The van der Waals surface area contributed by atoms with Gasteiger partial charge in [-0.2, -0.15) is 10.1 Å². The topological polar surface area (TPSA) is 72.0 Å². The van der Waals surface area contributed by atoms with Crippen molar-refractivity contribution in [3.05, 3.63) is 58.7 Å². The van der Waals surface area contributed by atoms with E-state index in [0.29, 0.717) is 28.2 Å². The summed E-state index contributed by atoms with van der Waals surface area (Å²) in [5.74, 6) is 1.59. The summed E-state index contributed by atoms with van der Waals surface area (Å²) in [5, 5.41) is 14.9. The molecule has 0 spiro atoms. The predicted molar refractivity (Wildman–Crippen MR) is 100 cm³/mol. The number of nitrogens with zero attached hydrogens (tertiary/aromatic N) is 3. The Balaban J connectivity index is 1.83. The van der Waals surface area contributed by atoms with Crippen molar-refractivity contribution < 1.29 is 4.74 Å². The Labute approximate surface area is 151 Å². The van der Waals surface area contributed by atoms with Crippen LogP contribution in [0.5, 0.6) is 5.75 Å². The van der Waals surface area contributed by atoms with Crippen molar-refractivity contribution >= 4 is 34.7 Å². The molecule has 128 valence electrons. The summed E-state index contributed by atoms with van der Waals surface area (Å²) in [7, 11) is 1.60. The Morgan fingerprint density at radius 1 is 1.00 bits per heavy atom. The van der Waals surface area contributed by atoms with Crippen LogP contribution in [0.25, 0.3) is 0 Å². The number of aromatic nitrogens is 3. The van der Waals surface area contributed by atoms with Crippen LogP contribution < -0.4 is 15.4 Å². The lowest BCUT2D eigenvalue weighted by molar-refractivity contribution is 0.417. The largest absolute Gasteiger partial charge is 0.495 e. The van der Waals surface area contributed by atoms with E-state index in [1.165, 1.54) is 6.20 Å². The summed E-state index contributed by atoms with van der Waals surface area (Å²) in [6.07, 6.45) is 1.53. The van der Waals surface area contributed by atoms with Crippen molar-refractivity contribution in [2.24, 2.45) is 0 Å². The minimum Gasteiger partial charge on any atom is -0.495 e. The molecule has 0 unspecified atom stereocenters. The second-order valence-corrected chi connectivity index (χ2v) is 6.07. The van der Waals surface area contributed by atoms with E-state index in [1.807, 2.05) is 26.0 Å². The van der Waals surface area contributed by atoms with Crippen LogP contribution in [-0.4, -0.2) is 22.3 Å². The summed E-state index contributed by atoms with van der Waals surface area (Å²) in [4.78, 5) is 4.43. The standard InChI is InChI=1S/C18H18ClN5O/c1-11-6-12(2)8-14(7-11)21-18-23-17(10-20-24-18)22-15-9-13(19)4-5-16(15)25-3/h4-10H,1-3H3,(H2,21,22,23,24). The highest BCUT2D eigenvalue weighted by molar-refractivity contribution is 6.31. The molecule has 0 fully saturated rings. The van der Waals surface area contributed by atoms with E-state index >= 15 is 0 Å². The summed E-state index contributed by atoms with van der Waals surface area (Å²) < 4.78 is 5.32. The minimum atomic E-state index is 0.399. The maximum atomic E-state index is 6.05. The zero-order valence-electron chi connectivity index (χ0n) is 14.2. The summed E-state index contributed by atoms with van der Waals surface area (Å²) in [5.41, 5.74) is 3.94. The third-order valence-corrected chi connectivity index (χ3v) is 3.70. The molecule has 0 saturated heterocycles. The van der Waals surface area contributed by atoms with Crippen molar-refractivity contribution in [1.82, 2.24) is 15.2 Å². The van der Waals surface area contributed by atoms with Gasteiger partial charge in [0.15, 0.2) is 5.82 Å². The van der Waals surface area contributed by atoms with Crippen LogP contribution in [0, 0.1) is 13.8 Å². The molecular weight excluding hydrogens is 338 g/mol. The maximum absolute atomic E-state index is 6.05. The number of hydrogen-bond donors (Lipinski definition) is 2. The number of anilines is 4. The highest BCUT2D eigenvalue weighted by Crippen LogP contribution is 2.30. The quantitative estimate of drug-likeness (QED) is 0.694. The monoisotopic (exact) mass is 355 g/mol. The van der Waals surface area contributed by atoms with Gasteiger partial charge in [-0.25, -0.2) is 0 Å². The number of benzene rings is 2. The zero-order valence-corrected chi connectivity index (χ0v) is 14.9. The van der Waals surface area contributed by atoms with Crippen molar-refractivity contribution in [1.29, 1.82) is 0 Å². The molecule has 1 heterocycles. The fourth-order valence-electron chi connectivity index (χ4n) is 2.51. The molecule has 0 radical (unpaired) electrons. The van der Waals surface area contributed by atoms with Crippen LogP contribution in [0.2, 0.25) is 5.02 Å². The molecule has 0 aliphatic carbocycles. The first-order chi connectivity index (χ1) is 12.0. The summed E-state index contributed by atoms with van der Waals surface area (Å²) in [6.45, 7) is 4.08. The van der Waals surface area contributed by atoms with Crippen LogP contribution in [0.15, 0.2) is 42.6 Å². The highest BCUT2D eigenvalue weighted by Gasteiger charge is 2.07. The van der Waals surface area contributed by atoms with Crippen LogP contribution in [0.4, 0.5) is 23.1 Å². The molecule has 0 aliphatic rings. The smallest absolute Gasteiger partial charge is 0.249 e. The highest BCUT2D eigenvalue weighted by atomic mass is 35.5. The fourth-order valence-corrected chi connectivity index (χ4v) is 2.68. The minimum absolute atomic E-state index is 0.399. The molecule has 7 heteroatoms. The molecule has 2 N–H and O–H groups in total. The number of ether oxygens (including phenoxy) is 1. The lowest BCUT2D eigenvalue weighted by Crippen LogP contribution is -2.03. The second kappa shape index (κ2) is 7.36. The van der Waals surface area contributed by atoms with Gasteiger partial charge in [-0.3, -0.25) is 0 Å². The van der Waals surface area contributed by atoms with Gasteiger partial charge in [0.05, 0.1) is 19.0 Å². The molecule has 6 nitrogen and oxygen atoms in total. The number of aryl methyl sites for hydroxylation is 2. The lowest BCUT2D eigenvalue weighted by Gasteiger charge is -2.11. The van der Waals surface area contributed by atoms with Gasteiger partial charge in [-0.15, -0.1) is 5.10 Å². The normalized spacial score (nSPS) is 10.4. The number of nitrogens with one attached hydrogen (secondary N) is 2. The third kappa shape index (κ3) is 4.36. The third-order valence-electron chi connectivity index (χ3n) is 3.46. The van der Waals surface area contributed by atoms with Gasteiger partial charge < -0.3 is 15.4 Å². The molecule has 3 aromatic rings. The lowest BCUT2D eigenvalue weighted by atomic mass is 10.1. The first-order valence-electron chi connectivity index (χ1n) is 7.69. The molecule has 0 amide bonds. The first kappa shape index (κ1) is 17.0. The van der Waals surface area contributed by atoms with Crippen LogP contribution in [0.3, 0.4) is 0 Å². The van der Waals surface area contributed by atoms with Gasteiger partial charge in [0.25, 0.3) is 0 Å². The number of methoxy groups -OCH3 is 1. The van der Waals surface area contributed by atoms with Crippen LogP contribution in [-0.2, 0) is 0 Å². The molecule has 25 heavy (non-hydrogen) atoms. The first-order valence-corrected chi connectivity index (χ1v) is 8.07. The van der Waals surface area contributed by atoms with E-state index in [2.05, 4.69) is 31.9 Å². The fraction of sp³-hybridized carbons (Fsp3) is 0.167. The van der Waals surface area contributed by atoms with Crippen LogP contribution in [0.1, 0.15) is 11.1 Å². The Morgan fingerprint density at radius 3 is 2.48 bits per heavy atom. The Hall–Kier alpha value is -2.86. The number of hydrogen-bond acceptors (Lipinski definition) is 6. The maximum Gasteiger partial charge on any atom is 0.249 e. The van der Waals surface area contributed by atoms with Gasteiger partial charge in [0.2, 0.25) is 5.95 Å². The molecular formula is C18H18ClN5O. The Morgan fingerprint density at radius 2 is 1.76 bits per heavy atom. The van der Waals surface area contributed by atoms with E-state index < -0.39 is 0 Å². The van der Waals surface area contributed by atoms with Gasteiger partial charge >= 0.3 is 0 Å². The molecule has 0 aliphatic heterocycles. The Kier molecular flexibility index (Phi) is 5.00. The molecule has 3 rings (SSSR count). The van der Waals surface area contributed by atoms with Gasteiger partial charge in [0.1, 0.15) is 5.75 Å². The Bertz CT molecular complexity index is 880. The van der Waals surface area contributed by atoms with E-state index in [1.54, 1.807) is 25.3 Å². The average Bonchev–Trinajstić information content (AvgIpc) is 2.54. The average molecular weight is 356 g/mol. The second-order valence-electron chi connectivity index (χ2n) is 5.64. The molecule has 2 aromatic carbocycles. The molecule has 0 atom stereocenters. The van der Waals surface area contributed by atoms with E-state index in [9.17, 15) is 0 Å². The van der Waals surface area contributed by atoms with Crippen molar-refractivity contribution in [2.45, 2.75) is 13.8 Å². The van der Waals surface area contributed by atoms with E-state index in [4.69, 9.17) is 16.3 Å².